The number of aliphatic hydroxyl groups is 1. The SMILES string of the molecule is COc1ccc(N2CCCN(CC(O)COc3c(Cl)cccc3Cl)CC2)cc1. The van der Waals surface area contributed by atoms with Crippen LogP contribution in [0.25, 0.3) is 0 Å². The van der Waals surface area contributed by atoms with Gasteiger partial charge in [-0.1, -0.05) is 29.3 Å². The molecule has 1 heterocycles. The fraction of sp³-hybridized carbons (Fsp3) is 0.429. The molecule has 0 spiro atoms. The van der Waals surface area contributed by atoms with E-state index in [1.165, 1.54) is 5.69 Å². The zero-order valence-electron chi connectivity index (χ0n) is 16.0. The number of nitrogens with zero attached hydrogens (tertiary/aromatic N) is 2. The molecule has 0 bridgehead atoms. The summed E-state index contributed by atoms with van der Waals surface area (Å²) in [5.74, 6) is 1.29. The minimum absolute atomic E-state index is 0.155. The third-order valence-electron chi connectivity index (χ3n) is 4.83. The van der Waals surface area contributed by atoms with Crippen molar-refractivity contribution >= 4 is 28.9 Å². The summed E-state index contributed by atoms with van der Waals surface area (Å²) < 4.78 is 10.9. The predicted octanol–water partition coefficient (Wildman–Crippen LogP) is 3.95. The number of β-amino-alcohol motifs (C(OH)–C–C–N with tert-alkyl or cyclic N) is 1. The molecule has 1 atom stereocenters. The molecule has 7 heteroatoms. The van der Waals surface area contributed by atoms with Crippen LogP contribution in [0.4, 0.5) is 5.69 Å². The van der Waals surface area contributed by atoms with Gasteiger partial charge in [0.25, 0.3) is 0 Å². The van der Waals surface area contributed by atoms with Crippen molar-refractivity contribution < 1.29 is 14.6 Å². The molecule has 0 saturated carbocycles. The van der Waals surface area contributed by atoms with Crippen LogP contribution in [0.1, 0.15) is 6.42 Å². The van der Waals surface area contributed by atoms with Gasteiger partial charge in [0.15, 0.2) is 5.75 Å². The van der Waals surface area contributed by atoms with Crippen LogP contribution in [0.5, 0.6) is 11.5 Å². The van der Waals surface area contributed by atoms with Gasteiger partial charge < -0.3 is 19.5 Å². The molecule has 2 aromatic carbocycles. The lowest BCUT2D eigenvalue weighted by molar-refractivity contribution is 0.0705. The maximum Gasteiger partial charge on any atom is 0.156 e. The van der Waals surface area contributed by atoms with E-state index in [-0.39, 0.29) is 6.61 Å². The number of para-hydroxylation sites is 1. The lowest BCUT2D eigenvalue weighted by atomic mass is 10.2. The molecule has 0 aromatic heterocycles. The van der Waals surface area contributed by atoms with Crippen LogP contribution in [-0.4, -0.2) is 62.6 Å². The molecular weight excluding hydrogens is 399 g/mol. The highest BCUT2D eigenvalue weighted by molar-refractivity contribution is 6.37. The highest BCUT2D eigenvalue weighted by Gasteiger charge is 2.19. The minimum Gasteiger partial charge on any atom is -0.497 e. The van der Waals surface area contributed by atoms with Crippen molar-refractivity contribution in [3.63, 3.8) is 0 Å². The van der Waals surface area contributed by atoms with Crippen LogP contribution >= 0.6 is 23.2 Å². The predicted molar refractivity (Wildman–Crippen MR) is 114 cm³/mol. The van der Waals surface area contributed by atoms with Crippen LogP contribution < -0.4 is 14.4 Å². The summed E-state index contributed by atoms with van der Waals surface area (Å²) in [5, 5.41) is 11.3. The molecule has 0 aliphatic carbocycles. The summed E-state index contributed by atoms with van der Waals surface area (Å²) in [5.41, 5.74) is 1.19. The van der Waals surface area contributed by atoms with Crippen LogP contribution in [0.2, 0.25) is 10.0 Å². The lowest BCUT2D eigenvalue weighted by Crippen LogP contribution is -2.38. The molecule has 0 radical (unpaired) electrons. The van der Waals surface area contributed by atoms with Crippen molar-refractivity contribution in [1.82, 2.24) is 4.90 Å². The Balaban J connectivity index is 1.48. The lowest BCUT2D eigenvalue weighted by Gasteiger charge is -2.25. The monoisotopic (exact) mass is 424 g/mol. The topological polar surface area (TPSA) is 45.2 Å². The van der Waals surface area contributed by atoms with Gasteiger partial charge in [-0.25, -0.2) is 0 Å². The Morgan fingerprint density at radius 3 is 2.39 bits per heavy atom. The first-order valence-electron chi connectivity index (χ1n) is 9.43. The molecule has 1 fully saturated rings. The van der Waals surface area contributed by atoms with Gasteiger partial charge in [0.05, 0.1) is 17.2 Å². The number of methoxy groups -OCH3 is 1. The van der Waals surface area contributed by atoms with Gasteiger partial charge in [0.1, 0.15) is 18.5 Å². The summed E-state index contributed by atoms with van der Waals surface area (Å²) >= 11 is 12.2. The van der Waals surface area contributed by atoms with E-state index in [2.05, 4.69) is 21.9 Å². The number of hydrogen-bond donors (Lipinski definition) is 1. The van der Waals surface area contributed by atoms with E-state index in [4.69, 9.17) is 32.7 Å². The highest BCUT2D eigenvalue weighted by Crippen LogP contribution is 2.32. The van der Waals surface area contributed by atoms with Crippen molar-refractivity contribution in [1.29, 1.82) is 0 Å². The van der Waals surface area contributed by atoms with E-state index in [0.29, 0.717) is 22.3 Å². The molecule has 5 nitrogen and oxygen atoms in total. The molecule has 152 valence electrons. The Morgan fingerprint density at radius 1 is 1.00 bits per heavy atom. The molecule has 1 N–H and O–H groups in total. The van der Waals surface area contributed by atoms with Crippen molar-refractivity contribution in [2.45, 2.75) is 12.5 Å². The van der Waals surface area contributed by atoms with Crippen LogP contribution in [0.3, 0.4) is 0 Å². The van der Waals surface area contributed by atoms with Crippen molar-refractivity contribution in [2.24, 2.45) is 0 Å². The molecule has 3 rings (SSSR count). The second-order valence-electron chi connectivity index (χ2n) is 6.85. The Kier molecular flexibility index (Phi) is 7.68. The number of anilines is 1. The van der Waals surface area contributed by atoms with Gasteiger partial charge in [-0.15, -0.1) is 0 Å². The van der Waals surface area contributed by atoms with Crippen molar-refractivity contribution in [3.8, 4) is 11.5 Å². The molecular formula is C21H26Cl2N2O3. The average Bonchev–Trinajstić information content (AvgIpc) is 2.93. The van der Waals surface area contributed by atoms with Gasteiger partial charge in [-0.05, 0) is 49.4 Å². The standard InChI is InChI=1S/C21H26Cl2N2O3/c1-27-18-8-6-16(7-9-18)25-11-3-10-24(12-13-25)14-17(26)15-28-21-19(22)4-2-5-20(21)23/h2,4-9,17,26H,3,10-15H2,1H3. The maximum absolute atomic E-state index is 10.4. The number of ether oxygens (including phenoxy) is 2. The van der Waals surface area contributed by atoms with Crippen LogP contribution in [0, 0.1) is 0 Å². The van der Waals surface area contributed by atoms with Crippen molar-refractivity contribution in [3.05, 3.63) is 52.5 Å². The first-order valence-corrected chi connectivity index (χ1v) is 10.2. The summed E-state index contributed by atoms with van der Waals surface area (Å²) in [4.78, 5) is 4.64. The molecule has 1 saturated heterocycles. The number of benzene rings is 2. The van der Waals surface area contributed by atoms with E-state index in [1.807, 2.05) is 12.1 Å². The summed E-state index contributed by atoms with van der Waals surface area (Å²) in [6, 6.07) is 13.3. The second kappa shape index (κ2) is 10.2. The summed E-state index contributed by atoms with van der Waals surface area (Å²) in [6.45, 7) is 4.44. The Morgan fingerprint density at radius 2 is 1.71 bits per heavy atom. The zero-order valence-corrected chi connectivity index (χ0v) is 17.5. The molecule has 1 aliphatic heterocycles. The zero-order chi connectivity index (χ0) is 19.9. The molecule has 1 unspecified atom stereocenters. The number of hydrogen-bond acceptors (Lipinski definition) is 5. The molecule has 28 heavy (non-hydrogen) atoms. The van der Waals surface area contributed by atoms with Gasteiger partial charge in [-0.2, -0.15) is 0 Å². The second-order valence-corrected chi connectivity index (χ2v) is 7.67. The normalized spacial score (nSPS) is 16.5. The largest absolute Gasteiger partial charge is 0.497 e. The minimum atomic E-state index is -0.611. The number of rotatable bonds is 7. The summed E-state index contributed by atoms with van der Waals surface area (Å²) in [7, 11) is 1.67. The van der Waals surface area contributed by atoms with E-state index in [9.17, 15) is 5.11 Å². The van der Waals surface area contributed by atoms with Crippen LogP contribution in [0.15, 0.2) is 42.5 Å². The first-order chi connectivity index (χ1) is 13.6. The number of aliphatic hydroxyl groups excluding tert-OH is 1. The average molecular weight is 425 g/mol. The fourth-order valence-electron chi connectivity index (χ4n) is 3.36. The fourth-order valence-corrected chi connectivity index (χ4v) is 3.86. The van der Waals surface area contributed by atoms with Crippen LogP contribution in [-0.2, 0) is 0 Å². The highest BCUT2D eigenvalue weighted by atomic mass is 35.5. The Labute approximate surface area is 176 Å². The van der Waals surface area contributed by atoms with Gasteiger partial charge in [0.2, 0.25) is 0 Å². The Bertz CT molecular complexity index is 738. The van der Waals surface area contributed by atoms with Gasteiger partial charge >= 0.3 is 0 Å². The number of halogens is 2. The third-order valence-corrected chi connectivity index (χ3v) is 5.43. The molecule has 0 amide bonds. The van der Waals surface area contributed by atoms with Crippen molar-refractivity contribution in [2.75, 3.05) is 51.3 Å². The van der Waals surface area contributed by atoms with E-state index in [0.717, 1.165) is 38.3 Å². The van der Waals surface area contributed by atoms with Gasteiger partial charge in [-0.3, -0.25) is 4.90 Å². The molecule has 2 aromatic rings. The van der Waals surface area contributed by atoms with E-state index >= 15 is 0 Å². The third kappa shape index (κ3) is 5.67. The van der Waals surface area contributed by atoms with E-state index < -0.39 is 6.10 Å². The molecule has 1 aliphatic rings. The smallest absolute Gasteiger partial charge is 0.156 e. The Hall–Kier alpha value is -1.66. The first kappa shape index (κ1) is 21.1. The quantitative estimate of drug-likeness (QED) is 0.728. The summed E-state index contributed by atoms with van der Waals surface area (Å²) in [6.07, 6.45) is 0.426. The van der Waals surface area contributed by atoms with E-state index in [1.54, 1.807) is 25.3 Å². The van der Waals surface area contributed by atoms with Gasteiger partial charge in [0, 0.05) is 31.9 Å². The maximum atomic E-state index is 10.4.